The summed E-state index contributed by atoms with van der Waals surface area (Å²) in [6.07, 6.45) is 6.21. The van der Waals surface area contributed by atoms with Crippen molar-refractivity contribution >= 4 is 27.6 Å². The molecule has 18 heavy (non-hydrogen) atoms. The smallest absolute Gasteiger partial charge is 0.207 e. The fourth-order valence-electron chi connectivity index (χ4n) is 1.74. The van der Waals surface area contributed by atoms with Gasteiger partial charge in [0.1, 0.15) is 0 Å². The van der Waals surface area contributed by atoms with Crippen molar-refractivity contribution < 1.29 is 0 Å². The summed E-state index contributed by atoms with van der Waals surface area (Å²) in [7, 11) is 0. The lowest BCUT2D eigenvalue weighted by atomic mass is 10.2. The number of rotatable bonds is 5. The molecule has 0 spiro atoms. The minimum atomic E-state index is 0.902. The Morgan fingerprint density at radius 1 is 1.39 bits per heavy atom. The number of nitrogens with zero attached hydrogens (tertiary/aromatic N) is 2. The number of nitrogens with one attached hydrogen (secondary N) is 1. The lowest BCUT2D eigenvalue weighted by molar-refractivity contribution is 0.638. The molecule has 0 fully saturated rings. The molecule has 3 nitrogen and oxygen atoms in total. The van der Waals surface area contributed by atoms with E-state index in [0.29, 0.717) is 0 Å². The third kappa shape index (κ3) is 3.13. The quantitative estimate of drug-likeness (QED) is 0.881. The number of aromatic nitrogens is 2. The molecule has 1 aromatic heterocycles. The largest absolute Gasteiger partial charge is 0.326 e. The van der Waals surface area contributed by atoms with E-state index in [0.717, 1.165) is 22.7 Å². The first-order valence-electron chi connectivity index (χ1n) is 6.25. The fraction of sp³-hybridized carbons (Fsp3) is 0.357. The molecular formula is C14H18BrN3. The Hall–Kier alpha value is -1.29. The molecule has 0 aliphatic carbocycles. The van der Waals surface area contributed by atoms with Crippen LogP contribution >= 0.6 is 15.9 Å². The fourth-order valence-corrected chi connectivity index (χ4v) is 2.12. The van der Waals surface area contributed by atoms with Gasteiger partial charge in [0.05, 0.1) is 0 Å². The molecule has 2 rings (SSSR count). The zero-order valence-corrected chi connectivity index (χ0v) is 12.4. The van der Waals surface area contributed by atoms with Crippen LogP contribution in [0.2, 0.25) is 0 Å². The Labute approximate surface area is 116 Å². The van der Waals surface area contributed by atoms with Crippen molar-refractivity contribution in [3.63, 3.8) is 0 Å². The highest BCUT2D eigenvalue weighted by atomic mass is 79.9. The van der Waals surface area contributed by atoms with E-state index in [4.69, 9.17) is 0 Å². The van der Waals surface area contributed by atoms with Gasteiger partial charge in [0, 0.05) is 29.1 Å². The van der Waals surface area contributed by atoms with Gasteiger partial charge in [-0.3, -0.25) is 0 Å². The van der Waals surface area contributed by atoms with Crippen molar-refractivity contribution in [2.45, 2.75) is 33.2 Å². The number of aryl methyl sites for hydroxylation is 2. The van der Waals surface area contributed by atoms with Gasteiger partial charge in [-0.15, -0.1) is 0 Å². The van der Waals surface area contributed by atoms with E-state index in [9.17, 15) is 0 Å². The highest BCUT2D eigenvalue weighted by molar-refractivity contribution is 9.10. The van der Waals surface area contributed by atoms with E-state index in [1.54, 1.807) is 0 Å². The Balaban J connectivity index is 2.13. The Morgan fingerprint density at radius 2 is 2.22 bits per heavy atom. The van der Waals surface area contributed by atoms with Gasteiger partial charge in [-0.25, -0.2) is 4.98 Å². The highest BCUT2D eigenvalue weighted by Gasteiger charge is 2.03. The van der Waals surface area contributed by atoms with E-state index in [2.05, 4.69) is 62.8 Å². The van der Waals surface area contributed by atoms with Crippen LogP contribution in [-0.4, -0.2) is 9.55 Å². The zero-order valence-electron chi connectivity index (χ0n) is 10.8. The predicted octanol–water partition coefficient (Wildman–Crippen LogP) is 4.50. The van der Waals surface area contributed by atoms with Crippen LogP contribution in [-0.2, 0) is 6.54 Å². The predicted molar refractivity (Wildman–Crippen MR) is 79.3 cm³/mol. The zero-order chi connectivity index (χ0) is 13.0. The number of anilines is 2. The van der Waals surface area contributed by atoms with Gasteiger partial charge in [-0.2, -0.15) is 0 Å². The Bertz CT molecular complexity index is 520. The van der Waals surface area contributed by atoms with Crippen molar-refractivity contribution in [2.75, 3.05) is 5.32 Å². The first-order chi connectivity index (χ1) is 8.70. The van der Waals surface area contributed by atoms with E-state index < -0.39 is 0 Å². The van der Waals surface area contributed by atoms with Gasteiger partial charge < -0.3 is 9.88 Å². The van der Waals surface area contributed by atoms with Gasteiger partial charge in [-0.1, -0.05) is 35.3 Å². The molecule has 0 saturated heterocycles. The Kier molecular flexibility index (Phi) is 4.42. The first-order valence-corrected chi connectivity index (χ1v) is 7.04. The van der Waals surface area contributed by atoms with Gasteiger partial charge in [0.2, 0.25) is 5.95 Å². The van der Waals surface area contributed by atoms with Crippen LogP contribution in [0.4, 0.5) is 11.6 Å². The summed E-state index contributed by atoms with van der Waals surface area (Å²) in [5.41, 5.74) is 2.28. The van der Waals surface area contributed by atoms with Crippen LogP contribution in [0.5, 0.6) is 0 Å². The lowest BCUT2D eigenvalue weighted by Crippen LogP contribution is -2.03. The maximum absolute atomic E-state index is 4.35. The van der Waals surface area contributed by atoms with Gasteiger partial charge in [0.25, 0.3) is 0 Å². The average Bonchev–Trinajstić information content (AvgIpc) is 2.79. The molecule has 0 unspecified atom stereocenters. The summed E-state index contributed by atoms with van der Waals surface area (Å²) < 4.78 is 3.26. The number of hydrogen-bond acceptors (Lipinski definition) is 2. The number of hydrogen-bond donors (Lipinski definition) is 1. The topological polar surface area (TPSA) is 29.9 Å². The molecule has 0 atom stereocenters. The minimum Gasteiger partial charge on any atom is -0.326 e. The second kappa shape index (κ2) is 6.05. The van der Waals surface area contributed by atoms with Gasteiger partial charge in [0.15, 0.2) is 0 Å². The Morgan fingerprint density at radius 3 is 2.94 bits per heavy atom. The van der Waals surface area contributed by atoms with Crippen LogP contribution in [0.25, 0.3) is 0 Å². The molecule has 0 aliphatic rings. The van der Waals surface area contributed by atoms with E-state index in [1.165, 1.54) is 18.4 Å². The maximum Gasteiger partial charge on any atom is 0.207 e. The molecule has 0 aliphatic heterocycles. The van der Waals surface area contributed by atoms with Crippen molar-refractivity contribution in [3.8, 4) is 0 Å². The summed E-state index contributed by atoms with van der Waals surface area (Å²) in [4.78, 5) is 4.35. The molecule has 1 heterocycles. The second-order valence-electron chi connectivity index (χ2n) is 4.39. The number of unbranched alkanes of at least 4 members (excludes halogenated alkanes) is 1. The molecule has 96 valence electrons. The van der Waals surface area contributed by atoms with Crippen molar-refractivity contribution in [3.05, 3.63) is 40.6 Å². The lowest BCUT2D eigenvalue weighted by Gasteiger charge is -2.10. The van der Waals surface area contributed by atoms with Crippen LogP contribution in [0.15, 0.2) is 35.1 Å². The molecule has 4 heteroatoms. The molecule has 1 N–H and O–H groups in total. The molecule has 1 aromatic carbocycles. The monoisotopic (exact) mass is 307 g/mol. The summed E-state index contributed by atoms with van der Waals surface area (Å²) in [5, 5.41) is 3.35. The normalized spacial score (nSPS) is 10.6. The summed E-state index contributed by atoms with van der Waals surface area (Å²) >= 11 is 3.54. The molecule has 2 aromatic rings. The molecule has 0 bridgehead atoms. The summed E-state index contributed by atoms with van der Waals surface area (Å²) in [6, 6.07) is 6.23. The summed E-state index contributed by atoms with van der Waals surface area (Å²) in [6.45, 7) is 5.28. The minimum absolute atomic E-state index is 0.902. The van der Waals surface area contributed by atoms with Crippen LogP contribution < -0.4 is 5.32 Å². The third-order valence-corrected chi connectivity index (χ3v) is 3.75. The van der Waals surface area contributed by atoms with Gasteiger partial charge >= 0.3 is 0 Å². The number of halogens is 1. The van der Waals surface area contributed by atoms with Crippen LogP contribution in [0, 0.1) is 6.92 Å². The highest BCUT2D eigenvalue weighted by Crippen LogP contribution is 2.23. The number of imidazole rings is 1. The standard InChI is InChI=1S/C14H18BrN3/c1-3-4-8-18-9-7-16-14(18)17-12-6-5-11(2)13(15)10-12/h5-7,9-10H,3-4,8H2,1-2H3,(H,16,17). The second-order valence-corrected chi connectivity index (χ2v) is 5.24. The van der Waals surface area contributed by atoms with E-state index in [1.807, 2.05) is 12.4 Å². The van der Waals surface area contributed by atoms with Crippen LogP contribution in [0.3, 0.4) is 0 Å². The van der Waals surface area contributed by atoms with E-state index in [-0.39, 0.29) is 0 Å². The molecule has 0 saturated carbocycles. The number of benzene rings is 1. The molecular weight excluding hydrogens is 290 g/mol. The van der Waals surface area contributed by atoms with E-state index >= 15 is 0 Å². The van der Waals surface area contributed by atoms with Crippen molar-refractivity contribution in [1.82, 2.24) is 9.55 Å². The first kappa shape index (κ1) is 13.1. The summed E-state index contributed by atoms with van der Waals surface area (Å²) in [5.74, 6) is 0.902. The SMILES string of the molecule is CCCCn1ccnc1Nc1ccc(C)c(Br)c1. The molecule has 0 radical (unpaired) electrons. The third-order valence-electron chi connectivity index (χ3n) is 2.90. The van der Waals surface area contributed by atoms with Gasteiger partial charge in [-0.05, 0) is 31.0 Å². The molecule has 0 amide bonds. The van der Waals surface area contributed by atoms with Crippen molar-refractivity contribution in [1.29, 1.82) is 0 Å². The maximum atomic E-state index is 4.35. The van der Waals surface area contributed by atoms with Crippen LogP contribution in [0.1, 0.15) is 25.3 Å². The van der Waals surface area contributed by atoms with Crippen molar-refractivity contribution in [2.24, 2.45) is 0 Å². The average molecular weight is 308 g/mol.